The van der Waals surface area contributed by atoms with Crippen molar-refractivity contribution in [2.75, 3.05) is 19.1 Å². The normalized spacial score (nSPS) is 16.8. The fraction of sp³-hybridized carbons (Fsp3) is 0.308. The molecule has 2 atom stereocenters. The molecular weight excluding hydrogens is 438 g/mol. The van der Waals surface area contributed by atoms with Crippen LogP contribution in [0.4, 0.5) is 5.69 Å². The highest BCUT2D eigenvalue weighted by atomic mass is 35.5. The van der Waals surface area contributed by atoms with Gasteiger partial charge in [0.05, 0.1) is 19.7 Å². The van der Waals surface area contributed by atoms with Crippen molar-refractivity contribution in [3.05, 3.63) is 70.7 Å². The van der Waals surface area contributed by atoms with Gasteiger partial charge in [-0.1, -0.05) is 41.9 Å². The van der Waals surface area contributed by atoms with Crippen LogP contribution in [0.3, 0.4) is 0 Å². The molecular formula is C26H28ClN3O3. The van der Waals surface area contributed by atoms with Gasteiger partial charge in [-0.05, 0) is 67.4 Å². The Morgan fingerprint density at radius 1 is 1.21 bits per heavy atom. The second-order valence-corrected chi connectivity index (χ2v) is 8.71. The molecule has 0 aromatic heterocycles. The summed E-state index contributed by atoms with van der Waals surface area (Å²) >= 11 is 6.21. The summed E-state index contributed by atoms with van der Waals surface area (Å²) in [6.07, 6.45) is 1.23. The number of fused-ring (bicyclic) bond motifs is 2. The summed E-state index contributed by atoms with van der Waals surface area (Å²) in [5.41, 5.74) is 2.82. The van der Waals surface area contributed by atoms with E-state index in [4.69, 9.17) is 16.3 Å². The van der Waals surface area contributed by atoms with E-state index >= 15 is 0 Å². The maximum atomic E-state index is 13.8. The lowest BCUT2D eigenvalue weighted by Crippen LogP contribution is -2.52. The number of carbonyl (C=O) groups is 2. The van der Waals surface area contributed by atoms with E-state index in [1.54, 1.807) is 26.0 Å². The molecule has 1 aliphatic heterocycles. The van der Waals surface area contributed by atoms with Crippen LogP contribution in [-0.4, -0.2) is 38.1 Å². The molecule has 0 fully saturated rings. The van der Waals surface area contributed by atoms with Crippen LogP contribution in [0, 0.1) is 0 Å². The number of halogens is 1. The molecule has 6 nitrogen and oxygen atoms in total. The van der Waals surface area contributed by atoms with Crippen molar-refractivity contribution in [3.8, 4) is 5.75 Å². The molecule has 0 bridgehead atoms. The molecule has 4 rings (SSSR count). The number of benzene rings is 3. The largest absolute Gasteiger partial charge is 0.496 e. The first-order valence-electron chi connectivity index (χ1n) is 11.0. The number of nitrogens with zero attached hydrogens (tertiary/aromatic N) is 1. The third-order valence-electron chi connectivity index (χ3n) is 6.28. The highest BCUT2D eigenvalue weighted by Gasteiger charge is 2.32. The number of amides is 2. The third-order valence-corrected chi connectivity index (χ3v) is 6.51. The van der Waals surface area contributed by atoms with Crippen LogP contribution in [0.1, 0.15) is 24.5 Å². The van der Waals surface area contributed by atoms with Crippen LogP contribution in [-0.2, 0) is 22.6 Å². The summed E-state index contributed by atoms with van der Waals surface area (Å²) in [6.45, 7) is 2.08. The van der Waals surface area contributed by atoms with E-state index in [1.807, 2.05) is 54.6 Å². The highest BCUT2D eigenvalue weighted by molar-refractivity contribution is 6.31. The SMILES string of the molecule is CNC(C)C(=O)NC1CCc2ccccc2N(Cc2c(OC)ccc3cc(Cl)ccc23)C1=O. The Hall–Kier alpha value is -3.09. The zero-order valence-electron chi connectivity index (χ0n) is 19.0. The Morgan fingerprint density at radius 2 is 2.00 bits per heavy atom. The third kappa shape index (κ3) is 4.68. The van der Waals surface area contributed by atoms with E-state index in [0.717, 1.165) is 27.6 Å². The zero-order valence-corrected chi connectivity index (χ0v) is 19.8. The molecule has 172 valence electrons. The average molecular weight is 466 g/mol. The predicted octanol–water partition coefficient (Wildman–Crippen LogP) is 4.07. The molecule has 0 aliphatic carbocycles. The minimum atomic E-state index is -0.615. The smallest absolute Gasteiger partial charge is 0.249 e. The second kappa shape index (κ2) is 9.81. The van der Waals surface area contributed by atoms with Gasteiger partial charge in [0.25, 0.3) is 0 Å². The first-order valence-corrected chi connectivity index (χ1v) is 11.4. The summed E-state index contributed by atoms with van der Waals surface area (Å²) in [5.74, 6) is 0.368. The first kappa shape index (κ1) is 23.1. The van der Waals surface area contributed by atoms with E-state index in [-0.39, 0.29) is 17.9 Å². The zero-order chi connectivity index (χ0) is 23.5. The van der Waals surface area contributed by atoms with E-state index in [1.165, 1.54) is 0 Å². The van der Waals surface area contributed by atoms with Gasteiger partial charge in [-0.3, -0.25) is 9.59 Å². The average Bonchev–Trinajstić information content (AvgIpc) is 2.95. The van der Waals surface area contributed by atoms with Crippen molar-refractivity contribution < 1.29 is 14.3 Å². The number of nitrogens with one attached hydrogen (secondary N) is 2. The molecule has 33 heavy (non-hydrogen) atoms. The first-order chi connectivity index (χ1) is 15.9. The van der Waals surface area contributed by atoms with Crippen LogP contribution >= 0.6 is 11.6 Å². The molecule has 0 radical (unpaired) electrons. The molecule has 0 saturated heterocycles. The van der Waals surface area contributed by atoms with Crippen molar-refractivity contribution in [3.63, 3.8) is 0 Å². The summed E-state index contributed by atoms with van der Waals surface area (Å²) < 4.78 is 5.67. The van der Waals surface area contributed by atoms with Crippen LogP contribution in [0.2, 0.25) is 5.02 Å². The van der Waals surface area contributed by atoms with Crippen LogP contribution in [0.5, 0.6) is 5.75 Å². The number of carbonyl (C=O) groups excluding carboxylic acids is 2. The molecule has 1 heterocycles. The molecule has 7 heteroatoms. The molecule has 3 aromatic carbocycles. The standard InChI is InChI=1S/C26H28ClN3O3/c1-16(28-2)25(31)29-22-12-8-17-6-4-5-7-23(17)30(26(22)32)15-21-20-11-10-19(27)14-18(20)9-13-24(21)33-3/h4-7,9-11,13-14,16,22,28H,8,12,15H2,1-3H3,(H,29,31). The van der Waals surface area contributed by atoms with Gasteiger partial charge >= 0.3 is 0 Å². The fourth-order valence-corrected chi connectivity index (χ4v) is 4.48. The molecule has 3 aromatic rings. The molecule has 2 amide bonds. The van der Waals surface area contributed by atoms with Gasteiger partial charge in [0, 0.05) is 16.3 Å². The maximum Gasteiger partial charge on any atom is 0.249 e. The van der Waals surface area contributed by atoms with E-state index in [2.05, 4.69) is 10.6 Å². The number of methoxy groups -OCH3 is 1. The van der Waals surface area contributed by atoms with Gasteiger partial charge in [0.15, 0.2) is 0 Å². The fourth-order valence-electron chi connectivity index (χ4n) is 4.30. The van der Waals surface area contributed by atoms with Crippen molar-refractivity contribution in [1.29, 1.82) is 0 Å². The summed E-state index contributed by atoms with van der Waals surface area (Å²) in [4.78, 5) is 28.1. The molecule has 2 unspecified atom stereocenters. The van der Waals surface area contributed by atoms with Gasteiger partial charge in [0.2, 0.25) is 11.8 Å². The Labute approximate surface area is 198 Å². The van der Waals surface area contributed by atoms with Gasteiger partial charge in [-0.25, -0.2) is 0 Å². The second-order valence-electron chi connectivity index (χ2n) is 8.28. The van der Waals surface area contributed by atoms with E-state index < -0.39 is 6.04 Å². The van der Waals surface area contributed by atoms with Crippen LogP contribution in [0.25, 0.3) is 10.8 Å². The number of aryl methyl sites for hydroxylation is 1. The number of anilines is 1. The molecule has 1 aliphatic rings. The Balaban J connectivity index is 1.77. The number of hydrogen-bond donors (Lipinski definition) is 2. The maximum absolute atomic E-state index is 13.8. The van der Waals surface area contributed by atoms with Crippen molar-refractivity contribution in [2.24, 2.45) is 0 Å². The predicted molar refractivity (Wildman–Crippen MR) is 132 cm³/mol. The highest BCUT2D eigenvalue weighted by Crippen LogP contribution is 2.34. The van der Waals surface area contributed by atoms with Crippen LogP contribution < -0.4 is 20.3 Å². The van der Waals surface area contributed by atoms with Gasteiger partial charge in [-0.2, -0.15) is 0 Å². The molecule has 0 saturated carbocycles. The minimum absolute atomic E-state index is 0.135. The number of para-hydroxylation sites is 1. The van der Waals surface area contributed by atoms with E-state index in [9.17, 15) is 9.59 Å². The monoisotopic (exact) mass is 465 g/mol. The Kier molecular flexibility index (Phi) is 6.86. The number of hydrogen-bond acceptors (Lipinski definition) is 4. The topological polar surface area (TPSA) is 70.7 Å². The summed E-state index contributed by atoms with van der Waals surface area (Å²) in [6, 6.07) is 16.5. The number of ether oxygens (including phenoxy) is 1. The van der Waals surface area contributed by atoms with E-state index in [0.29, 0.717) is 30.2 Å². The molecule has 0 spiro atoms. The number of likely N-dealkylation sites (N-methyl/N-ethyl adjacent to an activating group) is 1. The van der Waals surface area contributed by atoms with Crippen molar-refractivity contribution in [1.82, 2.24) is 10.6 Å². The lowest BCUT2D eigenvalue weighted by atomic mass is 10.0. The van der Waals surface area contributed by atoms with Crippen molar-refractivity contribution >= 4 is 39.9 Å². The Morgan fingerprint density at radius 3 is 2.76 bits per heavy atom. The minimum Gasteiger partial charge on any atom is -0.496 e. The van der Waals surface area contributed by atoms with Gasteiger partial charge < -0.3 is 20.3 Å². The molecule has 2 N–H and O–H groups in total. The van der Waals surface area contributed by atoms with Crippen molar-refractivity contribution in [2.45, 2.75) is 38.4 Å². The van der Waals surface area contributed by atoms with Gasteiger partial charge in [0.1, 0.15) is 11.8 Å². The number of rotatable bonds is 6. The lowest BCUT2D eigenvalue weighted by Gasteiger charge is -2.28. The summed E-state index contributed by atoms with van der Waals surface area (Å²) in [7, 11) is 3.35. The van der Waals surface area contributed by atoms with Crippen LogP contribution in [0.15, 0.2) is 54.6 Å². The summed E-state index contributed by atoms with van der Waals surface area (Å²) in [5, 5.41) is 8.46. The quantitative estimate of drug-likeness (QED) is 0.575. The lowest BCUT2D eigenvalue weighted by molar-refractivity contribution is -0.128. The Bertz CT molecular complexity index is 1200. The van der Waals surface area contributed by atoms with Gasteiger partial charge in [-0.15, -0.1) is 0 Å².